The van der Waals surface area contributed by atoms with E-state index in [1.807, 2.05) is 51.1 Å². The highest BCUT2D eigenvalue weighted by atomic mass is 16.6. The van der Waals surface area contributed by atoms with E-state index in [0.717, 1.165) is 5.69 Å². The van der Waals surface area contributed by atoms with Crippen molar-refractivity contribution < 1.29 is 14.3 Å². The summed E-state index contributed by atoms with van der Waals surface area (Å²) < 4.78 is 7.13. The fourth-order valence-electron chi connectivity index (χ4n) is 3.68. The van der Waals surface area contributed by atoms with Crippen LogP contribution in [0, 0.1) is 23.2 Å². The second-order valence-electron chi connectivity index (χ2n) is 8.57. The normalized spacial score (nSPS) is 21.5. The first kappa shape index (κ1) is 21.4. The van der Waals surface area contributed by atoms with E-state index >= 15 is 0 Å². The average Bonchev–Trinajstić information content (AvgIpc) is 3.11. The fraction of sp³-hybridized carbons (Fsp3) is 0.455. The van der Waals surface area contributed by atoms with Gasteiger partial charge in [-0.15, -0.1) is 0 Å². The van der Waals surface area contributed by atoms with Crippen LogP contribution < -0.4 is 11.1 Å². The smallest absolute Gasteiger partial charge is 0.309 e. The number of nitrogens with one attached hydrogen (secondary N) is 1. The molecule has 0 bridgehead atoms. The number of para-hydroxylation sites is 1. The number of rotatable bonds is 5. The number of benzene rings is 1. The number of ether oxygens (including phenoxy) is 1. The molecule has 1 saturated carbocycles. The van der Waals surface area contributed by atoms with Crippen LogP contribution in [0.2, 0.25) is 0 Å². The Morgan fingerprint density at radius 2 is 1.97 bits per heavy atom. The predicted octanol–water partition coefficient (Wildman–Crippen LogP) is 3.55. The summed E-state index contributed by atoms with van der Waals surface area (Å²) in [7, 11) is 0. The monoisotopic (exact) mass is 409 g/mol. The molecule has 0 aliphatic heterocycles. The number of anilines is 2. The standard InChI is InChI=1S/C22H27N5O3/c1-22(2,3)30-21(29)14-9-10-15(12-23)18(11-14)27-13-17(19(24)28)20(26-27)25-16-7-5-4-6-8-16/h4-8,13-15,18H,9-11H2,1-3H3,(H2,24,28)(H,25,26)/t14?,15-,18+/m0/s1. The molecule has 0 saturated heterocycles. The van der Waals surface area contributed by atoms with Crippen molar-refractivity contribution in [3.8, 4) is 6.07 Å². The first-order valence-electron chi connectivity index (χ1n) is 10.0. The second kappa shape index (κ2) is 8.57. The molecule has 2 aromatic rings. The number of primary amides is 1. The number of hydrogen-bond donors (Lipinski definition) is 2. The molecule has 8 nitrogen and oxygen atoms in total. The second-order valence-corrected chi connectivity index (χ2v) is 8.57. The van der Waals surface area contributed by atoms with Gasteiger partial charge in [-0.2, -0.15) is 10.4 Å². The molecule has 3 rings (SSSR count). The molecule has 1 unspecified atom stereocenters. The van der Waals surface area contributed by atoms with Crippen molar-refractivity contribution >= 4 is 23.4 Å². The van der Waals surface area contributed by atoms with Crippen molar-refractivity contribution in [3.63, 3.8) is 0 Å². The Hall–Kier alpha value is -3.34. The van der Waals surface area contributed by atoms with E-state index in [-0.39, 0.29) is 29.4 Å². The number of carbonyl (C=O) groups excluding carboxylic acids is 2. The first-order chi connectivity index (χ1) is 14.2. The van der Waals surface area contributed by atoms with Crippen LogP contribution in [0.1, 0.15) is 56.4 Å². The molecule has 1 aromatic carbocycles. The van der Waals surface area contributed by atoms with Gasteiger partial charge in [-0.3, -0.25) is 14.3 Å². The van der Waals surface area contributed by atoms with E-state index in [4.69, 9.17) is 10.5 Å². The number of esters is 1. The van der Waals surface area contributed by atoms with Crippen LogP contribution in [-0.4, -0.2) is 27.3 Å². The molecule has 30 heavy (non-hydrogen) atoms. The highest BCUT2D eigenvalue weighted by molar-refractivity contribution is 5.98. The lowest BCUT2D eigenvalue weighted by atomic mass is 9.79. The van der Waals surface area contributed by atoms with Crippen LogP contribution in [0.15, 0.2) is 36.5 Å². The number of nitrogens with two attached hydrogens (primary N) is 1. The van der Waals surface area contributed by atoms with E-state index in [2.05, 4.69) is 16.5 Å². The van der Waals surface area contributed by atoms with Gasteiger partial charge in [0, 0.05) is 11.9 Å². The van der Waals surface area contributed by atoms with Crippen molar-refractivity contribution in [2.75, 3.05) is 5.32 Å². The van der Waals surface area contributed by atoms with Gasteiger partial charge in [-0.1, -0.05) is 18.2 Å². The summed E-state index contributed by atoms with van der Waals surface area (Å²) in [6, 6.07) is 11.3. The number of carbonyl (C=O) groups is 2. The third kappa shape index (κ3) is 4.98. The Labute approximate surface area is 176 Å². The molecule has 1 aromatic heterocycles. The highest BCUT2D eigenvalue weighted by Gasteiger charge is 2.38. The van der Waals surface area contributed by atoms with Crippen molar-refractivity contribution in [3.05, 3.63) is 42.1 Å². The zero-order valence-electron chi connectivity index (χ0n) is 17.5. The van der Waals surface area contributed by atoms with Gasteiger partial charge >= 0.3 is 5.97 Å². The van der Waals surface area contributed by atoms with Gasteiger partial charge in [0.15, 0.2) is 5.82 Å². The van der Waals surface area contributed by atoms with E-state index in [0.29, 0.717) is 25.1 Å². The maximum atomic E-state index is 12.6. The molecule has 158 valence electrons. The number of hydrogen-bond acceptors (Lipinski definition) is 6. The van der Waals surface area contributed by atoms with Crippen LogP contribution in [0.3, 0.4) is 0 Å². The Kier molecular flexibility index (Phi) is 6.11. The third-order valence-electron chi connectivity index (χ3n) is 5.10. The molecule has 3 N–H and O–H groups in total. The van der Waals surface area contributed by atoms with Crippen molar-refractivity contribution in [1.29, 1.82) is 5.26 Å². The SMILES string of the molecule is CC(C)(C)OC(=O)C1CC[C@@H](C#N)[C@H](n2cc(C(N)=O)c(Nc3ccccc3)n2)C1. The van der Waals surface area contributed by atoms with E-state index < -0.39 is 11.5 Å². The Bertz CT molecular complexity index is 955. The van der Waals surface area contributed by atoms with Crippen LogP contribution in [-0.2, 0) is 9.53 Å². The van der Waals surface area contributed by atoms with Crippen LogP contribution >= 0.6 is 0 Å². The summed E-state index contributed by atoms with van der Waals surface area (Å²) in [6.07, 6.45) is 3.11. The van der Waals surface area contributed by atoms with Gasteiger partial charge in [0.2, 0.25) is 0 Å². The highest BCUT2D eigenvalue weighted by Crippen LogP contribution is 2.38. The van der Waals surface area contributed by atoms with Gasteiger partial charge in [0.05, 0.1) is 23.9 Å². The van der Waals surface area contributed by atoms with E-state index in [9.17, 15) is 14.9 Å². The van der Waals surface area contributed by atoms with Crippen molar-refractivity contribution in [2.45, 2.75) is 51.7 Å². The molecule has 0 radical (unpaired) electrons. The van der Waals surface area contributed by atoms with Gasteiger partial charge < -0.3 is 15.8 Å². The van der Waals surface area contributed by atoms with Gasteiger partial charge in [-0.05, 0) is 52.2 Å². The Balaban J connectivity index is 1.88. The lowest BCUT2D eigenvalue weighted by molar-refractivity contribution is -0.161. The molecular formula is C22H27N5O3. The topological polar surface area (TPSA) is 123 Å². The third-order valence-corrected chi connectivity index (χ3v) is 5.10. The van der Waals surface area contributed by atoms with E-state index in [1.54, 1.807) is 10.9 Å². The van der Waals surface area contributed by atoms with Crippen LogP contribution in [0.4, 0.5) is 11.5 Å². The van der Waals surface area contributed by atoms with Crippen LogP contribution in [0.25, 0.3) is 0 Å². The zero-order chi connectivity index (χ0) is 21.9. The van der Waals surface area contributed by atoms with Gasteiger partial charge in [0.25, 0.3) is 5.91 Å². The van der Waals surface area contributed by atoms with Crippen LogP contribution in [0.5, 0.6) is 0 Å². The molecule has 1 heterocycles. The summed E-state index contributed by atoms with van der Waals surface area (Å²) in [6.45, 7) is 5.49. The largest absolute Gasteiger partial charge is 0.460 e. The number of aromatic nitrogens is 2. The molecule has 1 amide bonds. The maximum absolute atomic E-state index is 12.6. The summed E-state index contributed by atoms with van der Waals surface area (Å²) in [5, 5.41) is 17.3. The van der Waals surface area contributed by atoms with Crippen molar-refractivity contribution in [1.82, 2.24) is 9.78 Å². The van der Waals surface area contributed by atoms with Gasteiger partial charge in [-0.25, -0.2) is 0 Å². The molecule has 1 aliphatic carbocycles. The fourth-order valence-corrected chi connectivity index (χ4v) is 3.68. The molecule has 0 spiro atoms. The molecule has 8 heteroatoms. The Morgan fingerprint density at radius 1 is 1.27 bits per heavy atom. The number of nitriles is 1. The quantitative estimate of drug-likeness (QED) is 0.728. The Morgan fingerprint density at radius 3 is 2.57 bits per heavy atom. The predicted molar refractivity (Wildman–Crippen MR) is 112 cm³/mol. The summed E-state index contributed by atoms with van der Waals surface area (Å²) in [5.74, 6) is -1.22. The molecular weight excluding hydrogens is 382 g/mol. The number of amides is 1. The molecule has 3 atom stereocenters. The van der Waals surface area contributed by atoms with E-state index in [1.165, 1.54) is 0 Å². The number of nitrogens with zero attached hydrogens (tertiary/aromatic N) is 3. The zero-order valence-corrected chi connectivity index (χ0v) is 17.5. The minimum absolute atomic E-state index is 0.231. The lowest BCUT2D eigenvalue weighted by Crippen LogP contribution is -2.35. The minimum Gasteiger partial charge on any atom is -0.460 e. The average molecular weight is 409 g/mol. The lowest BCUT2D eigenvalue weighted by Gasteiger charge is -2.33. The first-order valence-corrected chi connectivity index (χ1v) is 10.0. The van der Waals surface area contributed by atoms with Gasteiger partial charge in [0.1, 0.15) is 11.2 Å². The summed E-state index contributed by atoms with van der Waals surface area (Å²) in [5.41, 5.74) is 5.97. The summed E-state index contributed by atoms with van der Waals surface area (Å²) in [4.78, 5) is 24.6. The van der Waals surface area contributed by atoms with Crippen molar-refractivity contribution in [2.24, 2.45) is 17.6 Å². The maximum Gasteiger partial charge on any atom is 0.309 e. The molecule has 1 fully saturated rings. The summed E-state index contributed by atoms with van der Waals surface area (Å²) >= 11 is 0. The minimum atomic E-state index is -0.618. The molecule has 1 aliphatic rings.